The second-order valence-corrected chi connectivity index (χ2v) is 8.65. The van der Waals surface area contributed by atoms with Gasteiger partial charge in [-0.2, -0.15) is 5.10 Å². The maximum atomic E-state index is 10.4. The quantitative estimate of drug-likeness (QED) is 0.642. The van der Waals surface area contributed by atoms with Crippen molar-refractivity contribution in [3.8, 4) is 28.1 Å². The van der Waals surface area contributed by atoms with Gasteiger partial charge in [0.2, 0.25) is 0 Å². The van der Waals surface area contributed by atoms with Gasteiger partial charge < -0.3 is 10.4 Å². The van der Waals surface area contributed by atoms with Crippen molar-refractivity contribution in [1.29, 1.82) is 0 Å². The highest BCUT2D eigenvalue weighted by molar-refractivity contribution is 7.99. The van der Waals surface area contributed by atoms with E-state index in [9.17, 15) is 5.11 Å². The van der Waals surface area contributed by atoms with Crippen LogP contribution in [0.25, 0.3) is 22.4 Å². The molecule has 3 N–H and O–H groups in total. The van der Waals surface area contributed by atoms with Gasteiger partial charge in [0.05, 0.1) is 11.9 Å². The number of benzene rings is 1. The lowest BCUT2D eigenvalue weighted by Gasteiger charge is -2.28. The number of H-pyrrole nitrogens is 1. The van der Waals surface area contributed by atoms with Crippen molar-refractivity contribution in [2.24, 2.45) is 0 Å². The number of nitrogens with one attached hydrogen (secondary N) is 2. The highest BCUT2D eigenvalue weighted by Crippen LogP contribution is 2.37. The molecule has 2 aliphatic heterocycles. The molecular formula is C20H21N5OS. The van der Waals surface area contributed by atoms with E-state index in [0.717, 1.165) is 16.2 Å². The number of aromatic amines is 1. The molecule has 2 saturated heterocycles. The second-order valence-electron chi connectivity index (χ2n) is 7.32. The molecule has 4 heterocycles. The Morgan fingerprint density at radius 2 is 1.85 bits per heavy atom. The number of aromatic nitrogens is 4. The average molecular weight is 379 g/mol. The van der Waals surface area contributed by atoms with E-state index in [4.69, 9.17) is 0 Å². The topological polar surface area (TPSA) is 86.7 Å². The summed E-state index contributed by atoms with van der Waals surface area (Å²) in [6.45, 7) is 0. The number of piperidine rings is 1. The lowest BCUT2D eigenvalue weighted by Crippen LogP contribution is -2.39. The third kappa shape index (κ3) is 3.44. The van der Waals surface area contributed by atoms with E-state index in [2.05, 4.69) is 25.7 Å². The Bertz CT molecular complexity index is 916. The van der Waals surface area contributed by atoms with Gasteiger partial charge in [0, 0.05) is 34.7 Å². The fourth-order valence-corrected chi connectivity index (χ4v) is 5.37. The van der Waals surface area contributed by atoms with E-state index in [-0.39, 0.29) is 5.75 Å². The largest absolute Gasteiger partial charge is 0.507 e. The smallest absolute Gasteiger partial charge is 0.125 e. The number of fused-ring (bicyclic) bond motifs is 2. The fourth-order valence-electron chi connectivity index (χ4n) is 4.14. The van der Waals surface area contributed by atoms with Crippen molar-refractivity contribution >= 4 is 11.8 Å². The molecule has 0 radical (unpaired) electrons. The summed E-state index contributed by atoms with van der Waals surface area (Å²) in [6.07, 6.45) is 8.56. The first-order valence-electron chi connectivity index (χ1n) is 9.33. The fraction of sp³-hybridized carbons (Fsp3) is 0.350. The molecule has 5 rings (SSSR count). The van der Waals surface area contributed by atoms with Crippen LogP contribution >= 0.6 is 11.8 Å². The molecule has 6 nitrogen and oxygen atoms in total. The molecule has 2 aliphatic rings. The standard InChI is InChI=1S/C20H21N5OS/c26-19-7-12(13-10-21-22-11-13)1-4-17(19)18-5-6-20(25-24-18)27-16-8-14-2-3-15(9-16)23-14/h1,4-7,10-11,14-16,23,26H,2-3,8-9H2,(H,21,22)/t14-,15+,16-. The Morgan fingerprint density at radius 1 is 1.00 bits per heavy atom. The minimum absolute atomic E-state index is 0.193. The summed E-state index contributed by atoms with van der Waals surface area (Å²) in [5, 5.41) is 31.2. The maximum Gasteiger partial charge on any atom is 0.125 e. The summed E-state index contributed by atoms with van der Waals surface area (Å²) in [4.78, 5) is 0. The number of phenols is 1. The lowest BCUT2D eigenvalue weighted by atomic mass is 10.0. The third-order valence-electron chi connectivity index (χ3n) is 5.46. The minimum Gasteiger partial charge on any atom is -0.507 e. The molecule has 0 unspecified atom stereocenters. The summed E-state index contributed by atoms with van der Waals surface area (Å²) in [5.41, 5.74) is 3.21. The van der Waals surface area contributed by atoms with Crippen LogP contribution < -0.4 is 5.32 Å². The lowest BCUT2D eigenvalue weighted by molar-refractivity contribution is 0.414. The summed E-state index contributed by atoms with van der Waals surface area (Å²) in [6, 6.07) is 10.9. The van der Waals surface area contributed by atoms with Gasteiger partial charge in [-0.25, -0.2) is 0 Å². The highest BCUT2D eigenvalue weighted by atomic mass is 32.2. The molecular weight excluding hydrogens is 358 g/mol. The number of hydrogen-bond donors (Lipinski definition) is 3. The molecule has 7 heteroatoms. The van der Waals surface area contributed by atoms with Crippen LogP contribution in [0.4, 0.5) is 0 Å². The number of phenolic OH excluding ortho intramolecular Hbond substituents is 1. The summed E-state index contributed by atoms with van der Waals surface area (Å²) < 4.78 is 0. The average Bonchev–Trinajstić information content (AvgIpc) is 3.32. The Labute approximate surface area is 161 Å². The Kier molecular flexibility index (Phi) is 4.33. The molecule has 138 valence electrons. The first kappa shape index (κ1) is 16.8. The number of aromatic hydroxyl groups is 1. The van der Waals surface area contributed by atoms with E-state index >= 15 is 0 Å². The van der Waals surface area contributed by atoms with Crippen molar-refractivity contribution in [2.45, 2.75) is 48.0 Å². The van der Waals surface area contributed by atoms with Gasteiger partial charge >= 0.3 is 0 Å². The molecule has 2 bridgehead atoms. The van der Waals surface area contributed by atoms with Crippen LogP contribution in [0.2, 0.25) is 0 Å². The molecule has 0 saturated carbocycles. The molecule has 0 spiro atoms. The molecule has 2 fully saturated rings. The van der Waals surface area contributed by atoms with Crippen molar-refractivity contribution in [3.63, 3.8) is 0 Å². The van der Waals surface area contributed by atoms with Crippen LogP contribution in [0.3, 0.4) is 0 Å². The van der Waals surface area contributed by atoms with Gasteiger partial charge in [0.1, 0.15) is 10.8 Å². The molecule has 0 amide bonds. The zero-order valence-corrected chi connectivity index (χ0v) is 15.6. The van der Waals surface area contributed by atoms with Gasteiger partial charge in [-0.1, -0.05) is 6.07 Å². The summed E-state index contributed by atoms with van der Waals surface area (Å²) in [7, 11) is 0. The van der Waals surface area contributed by atoms with E-state index in [0.29, 0.717) is 28.6 Å². The first-order valence-corrected chi connectivity index (χ1v) is 10.2. The van der Waals surface area contributed by atoms with Crippen LogP contribution in [0.5, 0.6) is 5.75 Å². The number of nitrogens with zero attached hydrogens (tertiary/aromatic N) is 3. The third-order valence-corrected chi connectivity index (χ3v) is 6.64. The van der Waals surface area contributed by atoms with Crippen LogP contribution in [0.1, 0.15) is 25.7 Å². The molecule has 2 aromatic heterocycles. The minimum atomic E-state index is 0.193. The van der Waals surface area contributed by atoms with Crippen molar-refractivity contribution in [3.05, 3.63) is 42.7 Å². The SMILES string of the molecule is Oc1cc(-c2cn[nH]c2)ccc1-c1ccc(S[C@@H]2C[C@H]3CC[C@@H](C2)N3)nn1. The van der Waals surface area contributed by atoms with Crippen LogP contribution in [-0.2, 0) is 0 Å². The molecule has 3 atom stereocenters. The zero-order chi connectivity index (χ0) is 18.2. The van der Waals surface area contributed by atoms with E-state index in [1.165, 1.54) is 25.7 Å². The Hall–Kier alpha value is -2.38. The predicted octanol–water partition coefficient (Wildman–Crippen LogP) is 3.61. The summed E-state index contributed by atoms with van der Waals surface area (Å²) in [5.74, 6) is 0.193. The zero-order valence-electron chi connectivity index (χ0n) is 14.8. The van der Waals surface area contributed by atoms with Crippen molar-refractivity contribution in [1.82, 2.24) is 25.7 Å². The van der Waals surface area contributed by atoms with Crippen LogP contribution in [0.15, 0.2) is 47.8 Å². The van der Waals surface area contributed by atoms with Gasteiger partial charge in [0.15, 0.2) is 0 Å². The number of hydrogen-bond acceptors (Lipinski definition) is 6. The summed E-state index contributed by atoms with van der Waals surface area (Å²) >= 11 is 1.83. The van der Waals surface area contributed by atoms with E-state index < -0.39 is 0 Å². The first-order chi connectivity index (χ1) is 13.2. The maximum absolute atomic E-state index is 10.4. The van der Waals surface area contributed by atoms with Crippen molar-refractivity contribution < 1.29 is 5.11 Å². The monoisotopic (exact) mass is 379 g/mol. The van der Waals surface area contributed by atoms with Gasteiger partial charge in [-0.3, -0.25) is 5.10 Å². The van der Waals surface area contributed by atoms with E-state index in [1.54, 1.807) is 18.5 Å². The van der Waals surface area contributed by atoms with Gasteiger partial charge in [0.25, 0.3) is 0 Å². The molecule has 0 aliphatic carbocycles. The van der Waals surface area contributed by atoms with Gasteiger partial charge in [-0.15, -0.1) is 22.0 Å². The Balaban J connectivity index is 1.31. The number of rotatable bonds is 4. The van der Waals surface area contributed by atoms with Crippen LogP contribution in [0, 0.1) is 0 Å². The number of thioether (sulfide) groups is 1. The normalized spacial score (nSPS) is 24.2. The van der Waals surface area contributed by atoms with Crippen LogP contribution in [-0.4, -0.2) is 42.8 Å². The van der Waals surface area contributed by atoms with Gasteiger partial charge in [-0.05, 0) is 55.5 Å². The van der Waals surface area contributed by atoms with E-state index in [1.807, 2.05) is 36.0 Å². The Morgan fingerprint density at radius 3 is 2.52 bits per heavy atom. The second kappa shape index (κ2) is 6.98. The molecule has 3 aromatic rings. The van der Waals surface area contributed by atoms with Crippen molar-refractivity contribution in [2.75, 3.05) is 0 Å². The molecule has 27 heavy (non-hydrogen) atoms. The predicted molar refractivity (Wildman–Crippen MR) is 106 cm³/mol. The molecule has 1 aromatic carbocycles. The highest BCUT2D eigenvalue weighted by Gasteiger charge is 2.34.